The lowest BCUT2D eigenvalue weighted by atomic mass is 9.86. The van der Waals surface area contributed by atoms with Crippen molar-refractivity contribution in [2.24, 2.45) is 0 Å². The molecule has 0 fully saturated rings. The van der Waals surface area contributed by atoms with Gasteiger partial charge in [-0.05, 0) is 12.3 Å². The zero-order valence-electron chi connectivity index (χ0n) is 10.7. The van der Waals surface area contributed by atoms with Gasteiger partial charge in [0.2, 0.25) is 0 Å². The van der Waals surface area contributed by atoms with Crippen LogP contribution < -0.4 is 0 Å². The molecule has 0 aromatic carbocycles. The third-order valence-electron chi connectivity index (χ3n) is 3.28. The third-order valence-corrected chi connectivity index (χ3v) is 3.28. The number of ether oxygens (including phenoxy) is 1. The Kier molecular flexibility index (Phi) is 2.74. The lowest BCUT2D eigenvalue weighted by Gasteiger charge is -2.22. The fourth-order valence-corrected chi connectivity index (χ4v) is 2.51. The van der Waals surface area contributed by atoms with Gasteiger partial charge in [0.05, 0.1) is 11.4 Å². The molecule has 0 spiro atoms. The van der Waals surface area contributed by atoms with Crippen molar-refractivity contribution >= 4 is 0 Å². The Balaban J connectivity index is 2.56. The molecular formula is C13H20N2O. The molecule has 0 amide bonds. The molecule has 1 aromatic heterocycles. The molecule has 1 aliphatic carbocycles. The first-order valence-corrected chi connectivity index (χ1v) is 5.83. The van der Waals surface area contributed by atoms with Crippen molar-refractivity contribution in [3.63, 3.8) is 0 Å². The summed E-state index contributed by atoms with van der Waals surface area (Å²) in [5.74, 6) is 0.496. The van der Waals surface area contributed by atoms with Gasteiger partial charge in [-0.15, -0.1) is 0 Å². The number of nitrogens with zero attached hydrogens (tertiary/aromatic N) is 2. The van der Waals surface area contributed by atoms with E-state index in [9.17, 15) is 0 Å². The normalized spacial score (nSPS) is 24.6. The van der Waals surface area contributed by atoms with Crippen LogP contribution in [0.25, 0.3) is 0 Å². The van der Waals surface area contributed by atoms with E-state index in [-0.39, 0.29) is 11.5 Å². The number of fused-ring (bicyclic) bond motifs is 1. The molecule has 0 radical (unpaired) electrons. The summed E-state index contributed by atoms with van der Waals surface area (Å²) in [5, 5.41) is 0. The predicted octanol–water partition coefficient (Wildman–Crippen LogP) is 2.97. The molecule has 2 atom stereocenters. The van der Waals surface area contributed by atoms with E-state index in [1.54, 1.807) is 13.4 Å². The highest BCUT2D eigenvalue weighted by atomic mass is 16.5. The highest BCUT2D eigenvalue weighted by Gasteiger charge is 2.35. The molecule has 2 rings (SSSR count). The van der Waals surface area contributed by atoms with E-state index in [2.05, 4.69) is 37.7 Å². The number of hydrogen-bond acceptors (Lipinski definition) is 3. The lowest BCUT2D eigenvalue weighted by Crippen LogP contribution is -2.18. The fraction of sp³-hybridized carbons (Fsp3) is 0.692. The maximum absolute atomic E-state index is 5.49. The number of rotatable bonds is 1. The quantitative estimate of drug-likeness (QED) is 0.729. The average Bonchev–Trinajstić information content (AvgIpc) is 2.54. The van der Waals surface area contributed by atoms with Crippen LogP contribution in [0, 0.1) is 0 Å². The van der Waals surface area contributed by atoms with Gasteiger partial charge in [0.25, 0.3) is 0 Å². The van der Waals surface area contributed by atoms with Crippen LogP contribution in [0.1, 0.15) is 63.1 Å². The lowest BCUT2D eigenvalue weighted by molar-refractivity contribution is 0.0982. The van der Waals surface area contributed by atoms with Gasteiger partial charge in [-0.2, -0.15) is 0 Å². The molecule has 1 aliphatic rings. The average molecular weight is 220 g/mol. The summed E-state index contributed by atoms with van der Waals surface area (Å²) in [6.07, 6.45) is 2.84. The van der Waals surface area contributed by atoms with Gasteiger partial charge < -0.3 is 4.74 Å². The molecule has 88 valence electrons. The molecule has 2 unspecified atom stereocenters. The van der Waals surface area contributed by atoms with Crippen molar-refractivity contribution in [2.45, 2.75) is 51.6 Å². The van der Waals surface area contributed by atoms with E-state index < -0.39 is 0 Å². The molecule has 0 N–H and O–H groups in total. The van der Waals surface area contributed by atoms with Crippen molar-refractivity contribution in [3.8, 4) is 0 Å². The van der Waals surface area contributed by atoms with E-state index in [0.717, 1.165) is 12.1 Å². The molecule has 1 heterocycles. The van der Waals surface area contributed by atoms with Gasteiger partial charge in [0.15, 0.2) is 0 Å². The highest BCUT2D eigenvalue weighted by molar-refractivity contribution is 5.38. The number of aromatic nitrogens is 2. The first-order chi connectivity index (χ1) is 7.45. The topological polar surface area (TPSA) is 35.0 Å². The summed E-state index contributed by atoms with van der Waals surface area (Å²) in [4.78, 5) is 8.87. The molecule has 3 heteroatoms. The molecule has 0 bridgehead atoms. The Morgan fingerprint density at radius 3 is 2.56 bits per heavy atom. The second kappa shape index (κ2) is 3.81. The van der Waals surface area contributed by atoms with Gasteiger partial charge >= 0.3 is 0 Å². The SMILES string of the molecule is COC1CC(C)c2c1ncnc2C(C)(C)C. The Labute approximate surface area is 97.3 Å². The second-order valence-electron chi connectivity index (χ2n) is 5.63. The van der Waals surface area contributed by atoms with Gasteiger partial charge in [0, 0.05) is 18.1 Å². The minimum Gasteiger partial charge on any atom is -0.375 e. The Bertz CT molecular complexity index is 395. The van der Waals surface area contributed by atoms with Crippen LogP contribution in [-0.4, -0.2) is 17.1 Å². The first-order valence-electron chi connectivity index (χ1n) is 5.83. The van der Waals surface area contributed by atoms with Crippen LogP contribution in [0.3, 0.4) is 0 Å². The molecule has 16 heavy (non-hydrogen) atoms. The molecular weight excluding hydrogens is 200 g/mol. The molecule has 0 aliphatic heterocycles. The zero-order valence-corrected chi connectivity index (χ0v) is 10.7. The van der Waals surface area contributed by atoms with E-state index in [1.807, 2.05) is 0 Å². The largest absolute Gasteiger partial charge is 0.375 e. The van der Waals surface area contributed by atoms with Gasteiger partial charge in [-0.25, -0.2) is 9.97 Å². The van der Waals surface area contributed by atoms with Crippen LogP contribution in [0.15, 0.2) is 6.33 Å². The minimum atomic E-state index is 0.0733. The van der Waals surface area contributed by atoms with Crippen molar-refractivity contribution in [2.75, 3.05) is 7.11 Å². The van der Waals surface area contributed by atoms with Crippen LogP contribution in [0.5, 0.6) is 0 Å². The van der Waals surface area contributed by atoms with Crippen LogP contribution in [0.2, 0.25) is 0 Å². The molecule has 1 aromatic rings. The van der Waals surface area contributed by atoms with Gasteiger partial charge in [0.1, 0.15) is 12.4 Å². The van der Waals surface area contributed by atoms with E-state index in [4.69, 9.17) is 4.74 Å². The van der Waals surface area contributed by atoms with Crippen LogP contribution in [-0.2, 0) is 10.2 Å². The maximum Gasteiger partial charge on any atom is 0.116 e. The number of hydrogen-bond donors (Lipinski definition) is 0. The monoisotopic (exact) mass is 220 g/mol. The summed E-state index contributed by atoms with van der Waals surface area (Å²) < 4.78 is 5.49. The van der Waals surface area contributed by atoms with Crippen molar-refractivity contribution < 1.29 is 4.74 Å². The summed E-state index contributed by atoms with van der Waals surface area (Å²) in [7, 11) is 1.76. The summed E-state index contributed by atoms with van der Waals surface area (Å²) in [5.41, 5.74) is 3.64. The summed E-state index contributed by atoms with van der Waals surface area (Å²) in [6, 6.07) is 0. The first kappa shape index (κ1) is 11.5. The van der Waals surface area contributed by atoms with Crippen molar-refractivity contribution in [1.82, 2.24) is 9.97 Å². The second-order valence-corrected chi connectivity index (χ2v) is 5.63. The number of methoxy groups -OCH3 is 1. The van der Waals surface area contributed by atoms with Crippen molar-refractivity contribution in [3.05, 3.63) is 23.3 Å². The Hall–Kier alpha value is -0.960. The van der Waals surface area contributed by atoms with E-state index >= 15 is 0 Å². The molecule has 3 nitrogen and oxygen atoms in total. The fourth-order valence-electron chi connectivity index (χ4n) is 2.51. The predicted molar refractivity (Wildman–Crippen MR) is 63.5 cm³/mol. The standard InChI is InChI=1S/C13H20N2O/c1-8-6-9(16-5)11-10(8)12(13(2,3)4)15-7-14-11/h7-9H,6H2,1-5H3. The summed E-state index contributed by atoms with van der Waals surface area (Å²) >= 11 is 0. The third kappa shape index (κ3) is 1.73. The van der Waals surface area contributed by atoms with Gasteiger partial charge in [-0.1, -0.05) is 27.7 Å². The van der Waals surface area contributed by atoms with Crippen molar-refractivity contribution in [1.29, 1.82) is 0 Å². The zero-order chi connectivity index (χ0) is 11.9. The maximum atomic E-state index is 5.49. The highest BCUT2D eigenvalue weighted by Crippen LogP contribution is 2.44. The Morgan fingerprint density at radius 1 is 1.31 bits per heavy atom. The van der Waals surface area contributed by atoms with E-state index in [1.165, 1.54) is 11.3 Å². The minimum absolute atomic E-state index is 0.0733. The smallest absolute Gasteiger partial charge is 0.116 e. The Morgan fingerprint density at radius 2 is 2.00 bits per heavy atom. The van der Waals surface area contributed by atoms with E-state index in [0.29, 0.717) is 5.92 Å². The molecule has 0 saturated heterocycles. The summed E-state index contributed by atoms with van der Waals surface area (Å²) in [6.45, 7) is 8.82. The van der Waals surface area contributed by atoms with Gasteiger partial charge in [-0.3, -0.25) is 0 Å². The molecule has 0 saturated carbocycles. The van der Waals surface area contributed by atoms with Crippen LogP contribution >= 0.6 is 0 Å². The van der Waals surface area contributed by atoms with Crippen LogP contribution in [0.4, 0.5) is 0 Å².